The second kappa shape index (κ2) is 9.04. The van der Waals surface area contributed by atoms with Crippen LogP contribution in [-0.4, -0.2) is 12.6 Å². The van der Waals surface area contributed by atoms with Gasteiger partial charge in [-0.2, -0.15) is 0 Å². The first kappa shape index (κ1) is 13.5. The molecule has 0 spiro atoms. The molecule has 2 heteroatoms. The number of hydrogen-bond donors (Lipinski definition) is 0. The van der Waals surface area contributed by atoms with Crippen LogP contribution < -0.4 is 0 Å². The van der Waals surface area contributed by atoms with Gasteiger partial charge in [-0.25, -0.2) is 0 Å². The first-order chi connectivity index (χ1) is 7.16. The zero-order chi connectivity index (χ0) is 11.5. The van der Waals surface area contributed by atoms with Crippen LogP contribution in [0.1, 0.15) is 27.2 Å². The van der Waals surface area contributed by atoms with Crippen LogP contribution in [-0.2, 0) is 9.53 Å². The van der Waals surface area contributed by atoms with E-state index in [1.165, 1.54) is 0 Å². The predicted octanol–water partition coefficient (Wildman–Crippen LogP) is 3.17. The van der Waals surface area contributed by atoms with Crippen LogP contribution in [0.4, 0.5) is 0 Å². The highest BCUT2D eigenvalue weighted by Crippen LogP contribution is 1.90. The molecule has 0 aliphatic heterocycles. The van der Waals surface area contributed by atoms with Gasteiger partial charge in [0.05, 0.1) is 13.0 Å². The Morgan fingerprint density at radius 2 is 2.00 bits per heavy atom. The van der Waals surface area contributed by atoms with Crippen molar-refractivity contribution in [1.82, 2.24) is 0 Å². The third-order valence-electron chi connectivity index (χ3n) is 1.42. The largest absolute Gasteiger partial charge is 0.466 e. The molecule has 0 N–H and O–H groups in total. The van der Waals surface area contributed by atoms with Crippen molar-refractivity contribution in [2.75, 3.05) is 6.61 Å². The van der Waals surface area contributed by atoms with Gasteiger partial charge < -0.3 is 4.74 Å². The molecule has 0 aromatic carbocycles. The van der Waals surface area contributed by atoms with Crippen LogP contribution in [0.5, 0.6) is 0 Å². The summed E-state index contributed by atoms with van der Waals surface area (Å²) in [6.07, 6.45) is 9.48. The number of allylic oxidation sites excluding steroid dienone is 4. The Morgan fingerprint density at radius 1 is 1.27 bits per heavy atom. The van der Waals surface area contributed by atoms with E-state index in [0.717, 1.165) is 5.57 Å². The van der Waals surface area contributed by atoms with Gasteiger partial charge in [-0.3, -0.25) is 4.79 Å². The Balaban J connectivity index is 3.81. The van der Waals surface area contributed by atoms with Crippen LogP contribution in [0, 0.1) is 0 Å². The summed E-state index contributed by atoms with van der Waals surface area (Å²) in [6, 6.07) is 0. The van der Waals surface area contributed by atoms with Crippen LogP contribution in [0.3, 0.4) is 0 Å². The zero-order valence-electron chi connectivity index (χ0n) is 9.62. The molecule has 0 aromatic rings. The van der Waals surface area contributed by atoms with Crippen LogP contribution in [0.25, 0.3) is 0 Å². The lowest BCUT2D eigenvalue weighted by Gasteiger charge is -1.95. The van der Waals surface area contributed by atoms with Crippen LogP contribution in [0.2, 0.25) is 0 Å². The molecule has 0 aromatic heterocycles. The molecule has 0 rings (SSSR count). The third kappa shape index (κ3) is 10.4. The standard InChI is InChI=1S/C13H18O2/c1-4-15-13(14)11-9-7-5-6-8-10-12(2)3/h5-9H,4,11H2,1-3H3/b6-5+,9-7+. The number of hydrogen-bond acceptors (Lipinski definition) is 2. The minimum atomic E-state index is -0.193. The SMILES string of the molecule is CCOC(=O)C/C=C/C=C/C=C=C(C)C. The Morgan fingerprint density at radius 3 is 2.60 bits per heavy atom. The van der Waals surface area contributed by atoms with E-state index in [-0.39, 0.29) is 5.97 Å². The molecule has 15 heavy (non-hydrogen) atoms. The Hall–Kier alpha value is -1.53. The summed E-state index contributed by atoms with van der Waals surface area (Å²) >= 11 is 0. The van der Waals surface area contributed by atoms with Gasteiger partial charge in [0, 0.05) is 0 Å². The lowest BCUT2D eigenvalue weighted by molar-refractivity contribution is -0.142. The van der Waals surface area contributed by atoms with Gasteiger partial charge in [0.15, 0.2) is 0 Å². The van der Waals surface area contributed by atoms with E-state index in [2.05, 4.69) is 5.73 Å². The highest BCUT2D eigenvalue weighted by atomic mass is 16.5. The maximum absolute atomic E-state index is 10.9. The van der Waals surface area contributed by atoms with E-state index in [1.54, 1.807) is 13.0 Å². The van der Waals surface area contributed by atoms with E-state index in [4.69, 9.17) is 4.74 Å². The van der Waals surface area contributed by atoms with E-state index in [9.17, 15) is 4.79 Å². The van der Waals surface area contributed by atoms with Gasteiger partial charge in [-0.05, 0) is 32.4 Å². The fourth-order valence-corrected chi connectivity index (χ4v) is 0.797. The van der Waals surface area contributed by atoms with Crippen molar-refractivity contribution in [1.29, 1.82) is 0 Å². The molecular formula is C13H18O2. The molecule has 0 fully saturated rings. The first-order valence-corrected chi connectivity index (χ1v) is 5.04. The van der Waals surface area contributed by atoms with Crippen molar-refractivity contribution in [3.8, 4) is 0 Å². The van der Waals surface area contributed by atoms with Crippen LogP contribution in [0.15, 0.2) is 41.7 Å². The molecular weight excluding hydrogens is 188 g/mol. The summed E-state index contributed by atoms with van der Waals surface area (Å²) in [5.74, 6) is -0.193. The molecule has 0 aliphatic rings. The highest BCUT2D eigenvalue weighted by molar-refractivity contribution is 5.71. The summed E-state index contributed by atoms with van der Waals surface area (Å²) < 4.78 is 4.76. The Kier molecular flexibility index (Phi) is 8.12. The smallest absolute Gasteiger partial charge is 0.309 e. The Labute approximate surface area is 91.6 Å². The minimum Gasteiger partial charge on any atom is -0.466 e. The monoisotopic (exact) mass is 206 g/mol. The molecule has 0 aliphatic carbocycles. The number of rotatable bonds is 5. The van der Waals surface area contributed by atoms with E-state index in [0.29, 0.717) is 13.0 Å². The maximum Gasteiger partial charge on any atom is 0.309 e. The van der Waals surface area contributed by atoms with Crippen molar-refractivity contribution in [3.63, 3.8) is 0 Å². The fraction of sp³-hybridized carbons (Fsp3) is 0.385. The number of ether oxygens (including phenoxy) is 1. The van der Waals surface area contributed by atoms with Gasteiger partial charge in [0.25, 0.3) is 0 Å². The molecule has 0 heterocycles. The maximum atomic E-state index is 10.9. The van der Waals surface area contributed by atoms with Crippen molar-refractivity contribution < 1.29 is 9.53 Å². The molecule has 82 valence electrons. The Bertz CT molecular complexity index is 298. The molecule has 0 unspecified atom stereocenters. The zero-order valence-corrected chi connectivity index (χ0v) is 9.62. The van der Waals surface area contributed by atoms with Gasteiger partial charge in [-0.1, -0.05) is 24.3 Å². The summed E-state index contributed by atoms with van der Waals surface area (Å²) in [6.45, 7) is 6.21. The number of esters is 1. The summed E-state index contributed by atoms with van der Waals surface area (Å²) in [5, 5.41) is 0. The lowest BCUT2D eigenvalue weighted by atomic mass is 10.3. The predicted molar refractivity (Wildman–Crippen MR) is 62.5 cm³/mol. The van der Waals surface area contributed by atoms with Crippen molar-refractivity contribution >= 4 is 5.97 Å². The summed E-state index contributed by atoms with van der Waals surface area (Å²) in [5.41, 5.74) is 4.18. The molecule has 2 nitrogen and oxygen atoms in total. The van der Waals surface area contributed by atoms with Gasteiger partial charge in [0.2, 0.25) is 0 Å². The molecule has 0 saturated heterocycles. The molecule has 0 saturated carbocycles. The summed E-state index contributed by atoms with van der Waals surface area (Å²) in [4.78, 5) is 10.9. The summed E-state index contributed by atoms with van der Waals surface area (Å²) in [7, 11) is 0. The second-order valence-electron chi connectivity index (χ2n) is 3.13. The van der Waals surface area contributed by atoms with Crippen LogP contribution >= 0.6 is 0 Å². The van der Waals surface area contributed by atoms with Crippen molar-refractivity contribution in [2.24, 2.45) is 0 Å². The topological polar surface area (TPSA) is 26.3 Å². The van der Waals surface area contributed by atoms with Crippen molar-refractivity contribution in [2.45, 2.75) is 27.2 Å². The molecule has 0 radical (unpaired) electrons. The van der Waals surface area contributed by atoms with E-state index in [1.807, 2.05) is 38.2 Å². The van der Waals surface area contributed by atoms with Gasteiger partial charge in [0.1, 0.15) is 0 Å². The normalized spacial score (nSPS) is 10.3. The minimum absolute atomic E-state index is 0.193. The number of carbonyl (C=O) groups is 1. The molecule has 0 amide bonds. The lowest BCUT2D eigenvalue weighted by Crippen LogP contribution is -2.01. The third-order valence-corrected chi connectivity index (χ3v) is 1.42. The van der Waals surface area contributed by atoms with Crippen molar-refractivity contribution in [3.05, 3.63) is 41.7 Å². The fourth-order valence-electron chi connectivity index (χ4n) is 0.797. The quantitative estimate of drug-likeness (QED) is 0.392. The second-order valence-corrected chi connectivity index (χ2v) is 3.13. The van der Waals surface area contributed by atoms with E-state index >= 15 is 0 Å². The molecule has 0 bridgehead atoms. The average Bonchev–Trinajstić information content (AvgIpc) is 2.16. The first-order valence-electron chi connectivity index (χ1n) is 5.04. The molecule has 0 atom stereocenters. The van der Waals surface area contributed by atoms with Gasteiger partial charge >= 0.3 is 5.97 Å². The number of carbonyl (C=O) groups excluding carboxylic acids is 1. The average molecular weight is 206 g/mol. The van der Waals surface area contributed by atoms with Gasteiger partial charge in [-0.15, -0.1) is 5.73 Å². The van der Waals surface area contributed by atoms with E-state index < -0.39 is 0 Å². The highest BCUT2D eigenvalue weighted by Gasteiger charge is 1.94.